The molecule has 0 unspecified atom stereocenters. The van der Waals surface area contributed by atoms with Gasteiger partial charge in [0.15, 0.2) is 11.5 Å². The lowest BCUT2D eigenvalue weighted by Crippen LogP contribution is -2.33. The van der Waals surface area contributed by atoms with E-state index in [0.29, 0.717) is 25.2 Å². The van der Waals surface area contributed by atoms with Crippen LogP contribution in [-0.4, -0.2) is 24.8 Å². The number of hydrogen-bond donors (Lipinski definition) is 1. The number of aliphatic carboxylic acids is 1. The molecule has 0 atom stereocenters. The highest BCUT2D eigenvalue weighted by atomic mass is 79.9. The normalized spacial score (nSPS) is 19.5. The summed E-state index contributed by atoms with van der Waals surface area (Å²) in [5.74, 6) is 0.654. The third kappa shape index (κ3) is 1.83. The van der Waals surface area contributed by atoms with Gasteiger partial charge in [0.2, 0.25) is 0 Å². The van der Waals surface area contributed by atoms with E-state index in [2.05, 4.69) is 15.9 Å². The number of ether oxygens (including phenoxy) is 2. The number of carboxylic acids is 1. The maximum absolute atomic E-state index is 11.9. The molecule has 0 bridgehead atoms. The topological polar surface area (TPSA) is 55.8 Å². The van der Waals surface area contributed by atoms with Gasteiger partial charge in [-0.2, -0.15) is 0 Å². The summed E-state index contributed by atoms with van der Waals surface area (Å²) in [7, 11) is 1.59. The molecule has 5 heteroatoms. The fourth-order valence-electron chi connectivity index (χ4n) is 3.38. The molecule has 0 saturated heterocycles. The Labute approximate surface area is 126 Å². The lowest BCUT2D eigenvalue weighted by atomic mass is 9.78. The van der Waals surface area contributed by atoms with E-state index >= 15 is 0 Å². The van der Waals surface area contributed by atoms with Crippen LogP contribution < -0.4 is 9.47 Å². The van der Waals surface area contributed by atoms with Crippen LogP contribution in [0.1, 0.15) is 36.8 Å². The number of methoxy groups -OCH3 is 1. The van der Waals surface area contributed by atoms with E-state index in [1.807, 2.05) is 6.07 Å². The van der Waals surface area contributed by atoms with Crippen molar-refractivity contribution >= 4 is 21.9 Å². The molecule has 1 aromatic carbocycles. The van der Waals surface area contributed by atoms with E-state index < -0.39 is 11.4 Å². The zero-order valence-electron chi connectivity index (χ0n) is 11.4. The smallest absolute Gasteiger partial charge is 0.314 e. The van der Waals surface area contributed by atoms with Crippen LogP contribution >= 0.6 is 15.9 Å². The molecule has 1 N–H and O–H groups in total. The second-order valence-electron chi connectivity index (χ2n) is 5.44. The van der Waals surface area contributed by atoms with Gasteiger partial charge >= 0.3 is 5.97 Å². The third-order valence-corrected chi connectivity index (χ3v) is 5.38. The Morgan fingerprint density at radius 1 is 1.45 bits per heavy atom. The van der Waals surface area contributed by atoms with Gasteiger partial charge < -0.3 is 14.6 Å². The molecule has 0 spiro atoms. The van der Waals surface area contributed by atoms with Gasteiger partial charge in [0.1, 0.15) is 0 Å². The SMILES string of the molecule is COc1cc(C2(C(=O)O)CCCC2)c(Br)c2c1OCC2. The van der Waals surface area contributed by atoms with Crippen LogP contribution in [-0.2, 0) is 16.6 Å². The van der Waals surface area contributed by atoms with Gasteiger partial charge in [0.25, 0.3) is 0 Å². The minimum atomic E-state index is -0.788. The molecule has 4 nitrogen and oxygen atoms in total. The van der Waals surface area contributed by atoms with E-state index in [4.69, 9.17) is 9.47 Å². The van der Waals surface area contributed by atoms with Crippen LogP contribution in [0.15, 0.2) is 10.5 Å². The molecule has 1 aromatic rings. The zero-order valence-corrected chi connectivity index (χ0v) is 13.0. The maximum Gasteiger partial charge on any atom is 0.314 e. The monoisotopic (exact) mass is 340 g/mol. The van der Waals surface area contributed by atoms with E-state index in [1.54, 1.807) is 7.11 Å². The van der Waals surface area contributed by atoms with Crippen molar-refractivity contribution in [2.75, 3.05) is 13.7 Å². The lowest BCUT2D eigenvalue weighted by Gasteiger charge is -2.27. The molecule has 1 saturated carbocycles. The van der Waals surface area contributed by atoms with Crippen molar-refractivity contribution in [3.05, 3.63) is 21.7 Å². The van der Waals surface area contributed by atoms with E-state index in [9.17, 15) is 9.90 Å². The highest BCUT2D eigenvalue weighted by Crippen LogP contribution is 2.50. The minimum Gasteiger partial charge on any atom is -0.493 e. The summed E-state index contributed by atoms with van der Waals surface area (Å²) in [5, 5.41) is 9.76. The van der Waals surface area contributed by atoms with Gasteiger partial charge in [-0.1, -0.05) is 28.8 Å². The first-order chi connectivity index (χ1) is 9.60. The number of halogens is 1. The van der Waals surface area contributed by atoms with Gasteiger partial charge in [-0.3, -0.25) is 4.79 Å². The third-order valence-electron chi connectivity index (χ3n) is 4.48. The standard InChI is InChI=1S/C15H17BrO4/c1-19-11-8-10(12(16)9-4-7-20-13(9)11)15(14(17)18)5-2-3-6-15/h8H,2-7H2,1H3,(H,17,18). The molecule has 108 valence electrons. The Kier molecular flexibility index (Phi) is 3.40. The maximum atomic E-state index is 11.9. The average Bonchev–Trinajstić information content (AvgIpc) is 3.09. The molecule has 3 rings (SSSR count). The molecule has 1 fully saturated rings. The van der Waals surface area contributed by atoms with Gasteiger partial charge in [-0.05, 0) is 24.5 Å². The predicted molar refractivity (Wildman–Crippen MR) is 77.7 cm³/mol. The Morgan fingerprint density at radius 3 is 2.75 bits per heavy atom. The van der Waals surface area contributed by atoms with Crippen LogP contribution in [0.4, 0.5) is 0 Å². The number of hydrogen-bond acceptors (Lipinski definition) is 3. The minimum absolute atomic E-state index is 0.619. The largest absolute Gasteiger partial charge is 0.493 e. The average molecular weight is 341 g/mol. The summed E-state index contributed by atoms with van der Waals surface area (Å²) >= 11 is 3.61. The first kappa shape index (κ1) is 13.7. The summed E-state index contributed by atoms with van der Waals surface area (Å²) in [6, 6.07) is 1.84. The van der Waals surface area contributed by atoms with E-state index in [0.717, 1.165) is 40.6 Å². The van der Waals surface area contributed by atoms with Crippen LogP contribution in [0.25, 0.3) is 0 Å². The Morgan fingerprint density at radius 2 is 2.15 bits per heavy atom. The highest BCUT2D eigenvalue weighted by Gasteiger charge is 2.45. The summed E-state index contributed by atoms with van der Waals surface area (Å²) in [6.07, 6.45) is 4.06. The second kappa shape index (κ2) is 4.95. The Balaban J connectivity index is 2.21. The fraction of sp³-hybridized carbons (Fsp3) is 0.533. The first-order valence-corrected chi connectivity index (χ1v) is 7.65. The zero-order chi connectivity index (χ0) is 14.3. The van der Waals surface area contributed by atoms with Gasteiger partial charge in [0.05, 0.1) is 19.1 Å². The molecular formula is C15H17BrO4. The molecular weight excluding hydrogens is 324 g/mol. The van der Waals surface area contributed by atoms with E-state index in [1.165, 1.54) is 0 Å². The molecule has 1 aliphatic carbocycles. The number of rotatable bonds is 3. The number of fused-ring (bicyclic) bond motifs is 1. The van der Waals surface area contributed by atoms with Crippen molar-refractivity contribution < 1.29 is 19.4 Å². The van der Waals surface area contributed by atoms with Crippen molar-refractivity contribution in [1.29, 1.82) is 0 Å². The fourth-order valence-corrected chi connectivity index (χ4v) is 4.26. The molecule has 0 amide bonds. The Bertz CT molecular complexity index is 561. The molecule has 0 radical (unpaired) electrons. The second-order valence-corrected chi connectivity index (χ2v) is 6.23. The predicted octanol–water partition coefficient (Wildman–Crippen LogP) is 3.29. The summed E-state index contributed by atoms with van der Waals surface area (Å²) in [4.78, 5) is 11.9. The summed E-state index contributed by atoms with van der Waals surface area (Å²) in [5.41, 5.74) is 1.08. The van der Waals surface area contributed by atoms with Gasteiger partial charge in [-0.25, -0.2) is 0 Å². The van der Waals surface area contributed by atoms with Crippen LogP contribution in [0, 0.1) is 0 Å². The molecule has 1 aliphatic heterocycles. The van der Waals surface area contributed by atoms with Crippen molar-refractivity contribution in [3.8, 4) is 11.5 Å². The number of carbonyl (C=O) groups is 1. The highest BCUT2D eigenvalue weighted by molar-refractivity contribution is 9.10. The first-order valence-electron chi connectivity index (χ1n) is 6.86. The van der Waals surface area contributed by atoms with Crippen molar-refractivity contribution in [3.63, 3.8) is 0 Å². The Hall–Kier alpha value is -1.23. The number of benzene rings is 1. The van der Waals surface area contributed by atoms with Crippen LogP contribution in [0.5, 0.6) is 11.5 Å². The molecule has 0 aromatic heterocycles. The molecule has 2 aliphatic rings. The van der Waals surface area contributed by atoms with Crippen molar-refractivity contribution in [1.82, 2.24) is 0 Å². The number of carboxylic acid groups (broad SMARTS) is 1. The van der Waals surface area contributed by atoms with E-state index in [-0.39, 0.29) is 0 Å². The van der Waals surface area contributed by atoms with Crippen LogP contribution in [0.2, 0.25) is 0 Å². The van der Waals surface area contributed by atoms with Crippen LogP contribution in [0.3, 0.4) is 0 Å². The van der Waals surface area contributed by atoms with Gasteiger partial charge in [-0.15, -0.1) is 0 Å². The van der Waals surface area contributed by atoms with Gasteiger partial charge in [0, 0.05) is 16.5 Å². The lowest BCUT2D eigenvalue weighted by molar-refractivity contribution is -0.143. The van der Waals surface area contributed by atoms with Crippen molar-refractivity contribution in [2.24, 2.45) is 0 Å². The summed E-state index contributed by atoms with van der Waals surface area (Å²) in [6.45, 7) is 0.619. The molecule has 1 heterocycles. The molecule has 20 heavy (non-hydrogen) atoms. The quantitative estimate of drug-likeness (QED) is 0.917. The van der Waals surface area contributed by atoms with Crippen molar-refractivity contribution in [2.45, 2.75) is 37.5 Å². The summed E-state index contributed by atoms with van der Waals surface area (Å²) < 4.78 is 11.9.